The van der Waals surface area contributed by atoms with E-state index in [9.17, 15) is 9.59 Å². The molecule has 4 heteroatoms. The van der Waals surface area contributed by atoms with E-state index in [0.29, 0.717) is 17.6 Å². The van der Waals surface area contributed by atoms with Crippen LogP contribution < -0.4 is 5.73 Å². The van der Waals surface area contributed by atoms with Gasteiger partial charge in [0.15, 0.2) is 5.78 Å². The summed E-state index contributed by atoms with van der Waals surface area (Å²) in [5.41, 5.74) is 6.39. The van der Waals surface area contributed by atoms with Gasteiger partial charge in [0.05, 0.1) is 6.54 Å². The van der Waals surface area contributed by atoms with Gasteiger partial charge in [-0.3, -0.25) is 9.59 Å². The van der Waals surface area contributed by atoms with Gasteiger partial charge in [-0.15, -0.1) is 0 Å². The quantitative estimate of drug-likeness (QED) is 0.813. The molecule has 0 aromatic heterocycles. The van der Waals surface area contributed by atoms with Gasteiger partial charge in [-0.2, -0.15) is 0 Å². The minimum absolute atomic E-state index is 0.00206. The average Bonchev–Trinajstić information content (AvgIpc) is 2.40. The summed E-state index contributed by atoms with van der Waals surface area (Å²) in [6, 6.07) is 9.06. The molecule has 1 aromatic rings. The van der Waals surface area contributed by atoms with Crippen molar-refractivity contribution >= 4 is 11.7 Å². The Balaban J connectivity index is 2.06. The second-order valence-corrected chi connectivity index (χ2v) is 4.07. The first-order valence-electron chi connectivity index (χ1n) is 5.68. The van der Waals surface area contributed by atoms with Crippen LogP contribution in [-0.2, 0) is 4.79 Å². The molecule has 0 unspecified atom stereocenters. The van der Waals surface area contributed by atoms with Gasteiger partial charge < -0.3 is 10.6 Å². The number of Topliss-reactive ketones (excluding diaryl/α,β-unsaturated/α-hetero) is 1. The van der Waals surface area contributed by atoms with E-state index in [4.69, 9.17) is 5.73 Å². The molecule has 0 bridgehead atoms. The zero-order valence-electron chi connectivity index (χ0n) is 9.87. The number of rotatable bonds is 4. The third kappa shape index (κ3) is 2.85. The van der Waals surface area contributed by atoms with Crippen molar-refractivity contribution in [3.63, 3.8) is 0 Å². The van der Waals surface area contributed by atoms with Crippen LogP contribution in [0.4, 0.5) is 0 Å². The first-order chi connectivity index (χ1) is 8.66. The van der Waals surface area contributed by atoms with Crippen molar-refractivity contribution in [2.45, 2.75) is 6.42 Å². The lowest BCUT2D eigenvalue weighted by Gasteiger charge is -2.19. The minimum Gasteiger partial charge on any atom is -0.366 e. The fourth-order valence-corrected chi connectivity index (χ4v) is 1.75. The predicted molar refractivity (Wildman–Crippen MR) is 68.5 cm³/mol. The minimum atomic E-state index is -0.448. The summed E-state index contributed by atoms with van der Waals surface area (Å²) < 4.78 is 0. The van der Waals surface area contributed by atoms with Gasteiger partial charge in [-0.05, 0) is 6.42 Å². The van der Waals surface area contributed by atoms with Crippen LogP contribution in [0.5, 0.6) is 0 Å². The van der Waals surface area contributed by atoms with Crippen LogP contribution in [0, 0.1) is 0 Å². The van der Waals surface area contributed by atoms with Gasteiger partial charge in [-0.25, -0.2) is 0 Å². The largest absolute Gasteiger partial charge is 0.366 e. The second kappa shape index (κ2) is 5.31. The molecule has 18 heavy (non-hydrogen) atoms. The van der Waals surface area contributed by atoms with Gasteiger partial charge in [0.1, 0.15) is 0 Å². The monoisotopic (exact) mass is 242 g/mol. The van der Waals surface area contributed by atoms with Crippen LogP contribution in [0.3, 0.4) is 0 Å². The van der Waals surface area contributed by atoms with Crippen LogP contribution >= 0.6 is 0 Å². The fraction of sp³-hybridized carbons (Fsp3) is 0.143. The highest BCUT2D eigenvalue weighted by atomic mass is 16.1. The summed E-state index contributed by atoms with van der Waals surface area (Å²) in [5, 5.41) is 0. The second-order valence-electron chi connectivity index (χ2n) is 4.07. The number of carbonyl (C=O) groups excluding carboxylic acids is 2. The molecular formula is C14H14N2O2. The number of primary amides is 1. The summed E-state index contributed by atoms with van der Waals surface area (Å²) in [4.78, 5) is 24.7. The maximum absolute atomic E-state index is 12.0. The van der Waals surface area contributed by atoms with Crippen molar-refractivity contribution < 1.29 is 9.59 Å². The van der Waals surface area contributed by atoms with Crippen molar-refractivity contribution in [3.05, 3.63) is 59.9 Å². The third-order valence-corrected chi connectivity index (χ3v) is 2.69. The van der Waals surface area contributed by atoms with Crippen molar-refractivity contribution in [3.8, 4) is 0 Å². The standard InChI is InChI=1S/C14H14N2O2/c15-14(18)12-7-4-8-16(9-12)10-13(17)11-5-2-1-3-6-11/h1-6,8-9H,7,10H2,(H2,15,18). The Kier molecular flexibility index (Phi) is 3.57. The topological polar surface area (TPSA) is 63.4 Å². The average molecular weight is 242 g/mol. The molecule has 0 fully saturated rings. The number of nitrogens with two attached hydrogens (primary N) is 1. The molecule has 1 aliphatic rings. The molecule has 2 rings (SSSR count). The highest BCUT2D eigenvalue weighted by molar-refractivity contribution is 5.98. The van der Waals surface area contributed by atoms with E-state index >= 15 is 0 Å². The molecule has 0 saturated heterocycles. The highest BCUT2D eigenvalue weighted by Gasteiger charge is 2.13. The zero-order chi connectivity index (χ0) is 13.0. The zero-order valence-corrected chi connectivity index (χ0v) is 9.87. The van der Waals surface area contributed by atoms with E-state index < -0.39 is 5.91 Å². The Labute approximate surface area is 105 Å². The maximum Gasteiger partial charge on any atom is 0.246 e. The summed E-state index contributed by atoms with van der Waals surface area (Å²) in [5.74, 6) is -0.446. The number of nitrogens with zero attached hydrogens (tertiary/aromatic N) is 1. The van der Waals surface area contributed by atoms with E-state index in [2.05, 4.69) is 0 Å². The molecule has 1 aliphatic heterocycles. The number of ketones is 1. The number of amides is 1. The van der Waals surface area contributed by atoms with Crippen molar-refractivity contribution in [1.82, 2.24) is 4.90 Å². The van der Waals surface area contributed by atoms with Crippen LogP contribution in [0.25, 0.3) is 0 Å². The number of allylic oxidation sites excluding steroid dienone is 1. The lowest BCUT2D eigenvalue weighted by atomic mass is 10.1. The number of carbonyl (C=O) groups is 2. The Morgan fingerprint density at radius 3 is 2.61 bits per heavy atom. The van der Waals surface area contributed by atoms with Crippen molar-refractivity contribution in [1.29, 1.82) is 0 Å². The Bertz CT molecular complexity index is 518. The number of hydrogen-bond donors (Lipinski definition) is 1. The smallest absolute Gasteiger partial charge is 0.246 e. The summed E-state index contributed by atoms with van der Waals surface area (Å²) in [6.07, 6.45) is 5.75. The normalized spacial score (nSPS) is 14.2. The molecule has 0 aliphatic carbocycles. The molecule has 2 N–H and O–H groups in total. The lowest BCUT2D eigenvalue weighted by Crippen LogP contribution is -2.25. The van der Waals surface area contributed by atoms with Crippen LogP contribution in [0.2, 0.25) is 0 Å². The molecular weight excluding hydrogens is 228 g/mol. The molecule has 0 atom stereocenters. The van der Waals surface area contributed by atoms with Gasteiger partial charge in [0, 0.05) is 23.5 Å². The Morgan fingerprint density at radius 1 is 1.22 bits per heavy atom. The third-order valence-electron chi connectivity index (χ3n) is 2.69. The summed E-state index contributed by atoms with van der Waals surface area (Å²) in [7, 11) is 0. The maximum atomic E-state index is 12.0. The predicted octanol–water partition coefficient (Wildman–Crippen LogP) is 1.46. The van der Waals surface area contributed by atoms with Crippen LogP contribution in [0.1, 0.15) is 16.8 Å². The van der Waals surface area contributed by atoms with Gasteiger partial charge in [0.2, 0.25) is 5.91 Å². The van der Waals surface area contributed by atoms with E-state index in [-0.39, 0.29) is 12.3 Å². The van der Waals surface area contributed by atoms with Crippen molar-refractivity contribution in [2.75, 3.05) is 6.54 Å². The summed E-state index contributed by atoms with van der Waals surface area (Å²) >= 11 is 0. The number of benzene rings is 1. The molecule has 1 aromatic carbocycles. The molecule has 1 amide bonds. The molecule has 0 saturated carbocycles. The molecule has 92 valence electrons. The van der Waals surface area contributed by atoms with E-state index in [1.807, 2.05) is 24.3 Å². The summed E-state index contributed by atoms with van der Waals surface area (Å²) in [6.45, 7) is 0.206. The number of hydrogen-bond acceptors (Lipinski definition) is 3. The Morgan fingerprint density at radius 2 is 1.94 bits per heavy atom. The van der Waals surface area contributed by atoms with Crippen LogP contribution in [0.15, 0.2) is 54.4 Å². The first kappa shape index (κ1) is 12.1. The fourth-order valence-electron chi connectivity index (χ4n) is 1.75. The van der Waals surface area contributed by atoms with E-state index in [1.165, 1.54) is 0 Å². The SMILES string of the molecule is NC(=O)C1=CN(CC(=O)c2ccccc2)C=CC1. The first-order valence-corrected chi connectivity index (χ1v) is 5.68. The van der Waals surface area contributed by atoms with Crippen LogP contribution in [-0.4, -0.2) is 23.1 Å². The van der Waals surface area contributed by atoms with Gasteiger partial charge in [0.25, 0.3) is 0 Å². The van der Waals surface area contributed by atoms with Gasteiger partial charge in [-0.1, -0.05) is 36.4 Å². The molecule has 0 spiro atoms. The Hall–Kier alpha value is -2.36. The lowest BCUT2D eigenvalue weighted by molar-refractivity contribution is -0.114. The van der Waals surface area contributed by atoms with Gasteiger partial charge >= 0.3 is 0 Å². The van der Waals surface area contributed by atoms with Crippen molar-refractivity contribution in [2.24, 2.45) is 5.73 Å². The molecule has 4 nitrogen and oxygen atoms in total. The van der Waals surface area contributed by atoms with E-state index in [1.54, 1.807) is 29.4 Å². The van der Waals surface area contributed by atoms with E-state index in [0.717, 1.165) is 0 Å². The molecule has 1 heterocycles. The molecule has 0 radical (unpaired) electrons. The highest BCUT2D eigenvalue weighted by Crippen LogP contribution is 2.12.